The molecular weight excluding hydrogens is 348 g/mol. The number of thiazole rings is 1. The molecule has 1 heterocycles. The first kappa shape index (κ1) is 17.9. The highest BCUT2D eigenvalue weighted by Gasteiger charge is 2.12. The highest BCUT2D eigenvalue weighted by atomic mass is 32.1. The SMILES string of the molecule is COc1ccc(Oc2c(C)cc(-c3cnc(NC(C)=O)s3)cc2C)cc1. The number of anilines is 1. The largest absolute Gasteiger partial charge is 0.497 e. The number of rotatable bonds is 5. The number of nitrogens with one attached hydrogen (secondary N) is 1. The van der Waals surface area contributed by atoms with Gasteiger partial charge in [-0.05, 0) is 66.9 Å². The topological polar surface area (TPSA) is 60.5 Å². The van der Waals surface area contributed by atoms with Crippen molar-refractivity contribution in [3.63, 3.8) is 0 Å². The Labute approximate surface area is 156 Å². The Kier molecular flexibility index (Phi) is 5.23. The molecule has 0 saturated heterocycles. The first-order chi connectivity index (χ1) is 12.5. The molecule has 0 atom stereocenters. The van der Waals surface area contributed by atoms with Crippen LogP contribution in [0.25, 0.3) is 10.4 Å². The predicted octanol–water partition coefficient (Wildman–Crippen LogP) is 5.19. The Bertz CT molecular complexity index is 909. The maximum Gasteiger partial charge on any atom is 0.223 e. The van der Waals surface area contributed by atoms with E-state index in [0.717, 1.165) is 38.8 Å². The number of methoxy groups -OCH3 is 1. The summed E-state index contributed by atoms with van der Waals surface area (Å²) in [5.74, 6) is 2.27. The van der Waals surface area contributed by atoms with E-state index in [4.69, 9.17) is 9.47 Å². The van der Waals surface area contributed by atoms with E-state index in [1.165, 1.54) is 18.3 Å². The average Bonchev–Trinajstić information content (AvgIpc) is 3.06. The van der Waals surface area contributed by atoms with Crippen molar-refractivity contribution in [1.82, 2.24) is 4.98 Å². The molecule has 5 nitrogen and oxygen atoms in total. The molecule has 1 amide bonds. The third-order valence-electron chi connectivity index (χ3n) is 3.81. The minimum absolute atomic E-state index is 0.124. The third-order valence-corrected chi connectivity index (χ3v) is 4.77. The van der Waals surface area contributed by atoms with Gasteiger partial charge in [-0.1, -0.05) is 11.3 Å². The molecule has 134 valence electrons. The Hall–Kier alpha value is -2.86. The van der Waals surface area contributed by atoms with Crippen LogP contribution < -0.4 is 14.8 Å². The second-order valence-corrected chi connectivity index (χ2v) is 6.96. The van der Waals surface area contributed by atoms with Crippen LogP contribution in [-0.4, -0.2) is 18.0 Å². The summed E-state index contributed by atoms with van der Waals surface area (Å²) >= 11 is 1.45. The van der Waals surface area contributed by atoms with Crippen molar-refractivity contribution < 1.29 is 14.3 Å². The standard InChI is InChI=1S/C20H20N2O3S/c1-12-9-15(18-11-21-20(26-18)22-14(3)23)10-13(2)19(12)25-17-7-5-16(24-4)6-8-17/h5-11H,1-4H3,(H,21,22,23). The van der Waals surface area contributed by atoms with Gasteiger partial charge in [-0.15, -0.1) is 0 Å². The van der Waals surface area contributed by atoms with Crippen molar-refractivity contribution in [2.75, 3.05) is 12.4 Å². The van der Waals surface area contributed by atoms with Crippen molar-refractivity contribution in [2.45, 2.75) is 20.8 Å². The van der Waals surface area contributed by atoms with Gasteiger partial charge in [0.15, 0.2) is 5.13 Å². The van der Waals surface area contributed by atoms with Crippen LogP contribution in [0.3, 0.4) is 0 Å². The Morgan fingerprint density at radius 3 is 2.27 bits per heavy atom. The van der Waals surface area contributed by atoms with Gasteiger partial charge in [0.1, 0.15) is 17.2 Å². The lowest BCUT2D eigenvalue weighted by molar-refractivity contribution is -0.114. The van der Waals surface area contributed by atoms with Crippen LogP contribution in [0.1, 0.15) is 18.1 Å². The van der Waals surface area contributed by atoms with E-state index in [9.17, 15) is 4.79 Å². The summed E-state index contributed by atoms with van der Waals surface area (Å²) in [5.41, 5.74) is 3.12. The van der Waals surface area contributed by atoms with Crippen molar-refractivity contribution in [2.24, 2.45) is 0 Å². The van der Waals surface area contributed by atoms with Crippen molar-refractivity contribution in [3.8, 4) is 27.7 Å². The maximum absolute atomic E-state index is 11.2. The number of amides is 1. The monoisotopic (exact) mass is 368 g/mol. The summed E-state index contributed by atoms with van der Waals surface area (Å²) in [7, 11) is 1.64. The number of hydrogen-bond acceptors (Lipinski definition) is 5. The Balaban J connectivity index is 1.85. The van der Waals surface area contributed by atoms with E-state index in [0.29, 0.717) is 5.13 Å². The van der Waals surface area contributed by atoms with E-state index in [-0.39, 0.29) is 5.91 Å². The molecule has 0 aliphatic heterocycles. The van der Waals surface area contributed by atoms with Gasteiger partial charge in [0.25, 0.3) is 0 Å². The average molecular weight is 368 g/mol. The molecule has 0 unspecified atom stereocenters. The summed E-state index contributed by atoms with van der Waals surface area (Å²) in [6.07, 6.45) is 1.77. The summed E-state index contributed by atoms with van der Waals surface area (Å²) in [6, 6.07) is 11.6. The molecule has 0 radical (unpaired) electrons. The molecule has 1 aromatic heterocycles. The molecule has 0 bridgehead atoms. The summed E-state index contributed by atoms with van der Waals surface area (Å²) in [5, 5.41) is 3.31. The Morgan fingerprint density at radius 2 is 1.69 bits per heavy atom. The fraction of sp³-hybridized carbons (Fsp3) is 0.200. The van der Waals surface area contributed by atoms with Gasteiger partial charge in [0.2, 0.25) is 5.91 Å². The van der Waals surface area contributed by atoms with Crippen molar-refractivity contribution >= 4 is 22.4 Å². The lowest BCUT2D eigenvalue weighted by Crippen LogP contribution is -2.04. The normalized spacial score (nSPS) is 10.5. The fourth-order valence-corrected chi connectivity index (χ4v) is 3.48. The summed E-state index contributed by atoms with van der Waals surface area (Å²) < 4.78 is 11.2. The zero-order valence-electron chi connectivity index (χ0n) is 15.1. The van der Waals surface area contributed by atoms with E-state index < -0.39 is 0 Å². The van der Waals surface area contributed by atoms with Gasteiger partial charge in [0.05, 0.1) is 12.0 Å². The minimum Gasteiger partial charge on any atom is -0.497 e. The molecule has 0 fully saturated rings. The second kappa shape index (κ2) is 7.58. The highest BCUT2D eigenvalue weighted by Crippen LogP contribution is 2.36. The molecular formula is C20H20N2O3S. The number of aromatic nitrogens is 1. The van der Waals surface area contributed by atoms with Crippen molar-refractivity contribution in [1.29, 1.82) is 0 Å². The molecule has 0 spiro atoms. The third kappa shape index (κ3) is 4.03. The van der Waals surface area contributed by atoms with Gasteiger partial charge in [-0.2, -0.15) is 0 Å². The van der Waals surface area contributed by atoms with E-state index in [1.54, 1.807) is 13.3 Å². The Morgan fingerprint density at radius 1 is 1.08 bits per heavy atom. The van der Waals surface area contributed by atoms with Crippen LogP contribution in [0.4, 0.5) is 5.13 Å². The van der Waals surface area contributed by atoms with Crippen LogP contribution >= 0.6 is 11.3 Å². The number of carbonyl (C=O) groups is 1. The van der Waals surface area contributed by atoms with Crippen LogP contribution in [-0.2, 0) is 4.79 Å². The van der Waals surface area contributed by atoms with Crippen molar-refractivity contribution in [3.05, 3.63) is 53.7 Å². The van der Waals surface area contributed by atoms with E-state index >= 15 is 0 Å². The quantitative estimate of drug-likeness (QED) is 0.673. The fourth-order valence-electron chi connectivity index (χ4n) is 2.63. The second-order valence-electron chi connectivity index (χ2n) is 5.93. The van der Waals surface area contributed by atoms with Gasteiger partial charge >= 0.3 is 0 Å². The molecule has 6 heteroatoms. The van der Waals surface area contributed by atoms with E-state index in [1.807, 2.05) is 38.1 Å². The first-order valence-corrected chi connectivity index (χ1v) is 8.95. The lowest BCUT2D eigenvalue weighted by Gasteiger charge is -2.13. The zero-order chi connectivity index (χ0) is 18.7. The number of benzene rings is 2. The summed E-state index contributed by atoms with van der Waals surface area (Å²) in [6.45, 7) is 5.51. The van der Waals surface area contributed by atoms with Gasteiger partial charge in [-0.25, -0.2) is 4.98 Å². The number of aryl methyl sites for hydroxylation is 2. The van der Waals surface area contributed by atoms with Gasteiger partial charge in [-0.3, -0.25) is 4.79 Å². The molecule has 0 saturated carbocycles. The van der Waals surface area contributed by atoms with Crippen LogP contribution in [0, 0.1) is 13.8 Å². The molecule has 1 N–H and O–H groups in total. The zero-order valence-corrected chi connectivity index (χ0v) is 15.9. The van der Waals surface area contributed by atoms with Crippen LogP contribution in [0.2, 0.25) is 0 Å². The first-order valence-electron chi connectivity index (χ1n) is 8.13. The van der Waals surface area contributed by atoms with Crippen LogP contribution in [0.15, 0.2) is 42.6 Å². The molecule has 3 rings (SSSR count). The predicted molar refractivity (Wildman–Crippen MR) is 104 cm³/mol. The van der Waals surface area contributed by atoms with E-state index in [2.05, 4.69) is 22.4 Å². The molecule has 3 aromatic rings. The number of carbonyl (C=O) groups excluding carboxylic acids is 1. The molecule has 26 heavy (non-hydrogen) atoms. The molecule has 0 aliphatic rings. The minimum atomic E-state index is -0.124. The summed E-state index contributed by atoms with van der Waals surface area (Å²) in [4.78, 5) is 16.4. The number of hydrogen-bond donors (Lipinski definition) is 1. The van der Waals surface area contributed by atoms with Gasteiger partial charge < -0.3 is 14.8 Å². The number of ether oxygens (including phenoxy) is 2. The number of nitrogens with zero attached hydrogens (tertiary/aromatic N) is 1. The maximum atomic E-state index is 11.2. The smallest absolute Gasteiger partial charge is 0.223 e. The molecule has 2 aromatic carbocycles. The molecule has 0 aliphatic carbocycles. The lowest BCUT2D eigenvalue weighted by atomic mass is 10.0. The highest BCUT2D eigenvalue weighted by molar-refractivity contribution is 7.19. The van der Waals surface area contributed by atoms with Gasteiger partial charge in [0, 0.05) is 13.1 Å². The van der Waals surface area contributed by atoms with Crippen LogP contribution in [0.5, 0.6) is 17.2 Å².